The fraction of sp³-hybridized carbons (Fsp3) is 0.353. The number of hydrogen-bond donors (Lipinski definition) is 0. The molecule has 0 N–H and O–H groups in total. The lowest BCUT2D eigenvalue weighted by molar-refractivity contribution is 0.620. The van der Waals surface area contributed by atoms with Gasteiger partial charge in [-0.15, -0.1) is 0 Å². The molecule has 0 bridgehead atoms. The Morgan fingerprint density at radius 2 is 2.00 bits per heavy atom. The van der Waals surface area contributed by atoms with Crippen LogP contribution in [0, 0.1) is 5.82 Å². The number of halogens is 1. The Kier molecular flexibility index (Phi) is 3.91. The van der Waals surface area contributed by atoms with Gasteiger partial charge in [-0.3, -0.25) is 13.9 Å². The standard InChI is InChI=1S/C17H17FN4O2S/c1-20-15(23)13-14(19-16(25-13)21-7-2-3-8-21)22(17(20)24)10-11-5-4-6-12(18)9-11/h4-6,9H,2-3,7-8,10H2,1H3. The Hall–Kier alpha value is -2.48. The SMILES string of the molecule is Cn1c(=O)c2sc(N3CCCC3)nc2n(Cc2cccc(F)c2)c1=O. The number of thiazole rings is 1. The molecule has 4 rings (SSSR count). The molecule has 8 heteroatoms. The van der Waals surface area contributed by atoms with Gasteiger partial charge in [0.1, 0.15) is 10.5 Å². The Labute approximate surface area is 146 Å². The molecule has 0 unspecified atom stereocenters. The van der Waals surface area contributed by atoms with Gasteiger partial charge in [0.25, 0.3) is 5.56 Å². The van der Waals surface area contributed by atoms with Gasteiger partial charge in [-0.1, -0.05) is 23.5 Å². The predicted octanol–water partition coefficient (Wildman–Crippen LogP) is 1.94. The molecule has 130 valence electrons. The Bertz CT molecular complexity index is 1060. The molecule has 1 aliphatic heterocycles. The van der Waals surface area contributed by atoms with Crippen LogP contribution in [0.3, 0.4) is 0 Å². The van der Waals surface area contributed by atoms with Crippen molar-refractivity contribution in [2.45, 2.75) is 19.4 Å². The highest BCUT2D eigenvalue weighted by Gasteiger charge is 2.21. The molecule has 0 amide bonds. The summed E-state index contributed by atoms with van der Waals surface area (Å²) >= 11 is 1.32. The van der Waals surface area contributed by atoms with Crippen molar-refractivity contribution in [1.82, 2.24) is 14.1 Å². The van der Waals surface area contributed by atoms with Crippen LogP contribution >= 0.6 is 11.3 Å². The molecule has 0 atom stereocenters. The molecular weight excluding hydrogens is 343 g/mol. The number of anilines is 1. The van der Waals surface area contributed by atoms with Crippen LogP contribution in [0.5, 0.6) is 0 Å². The first kappa shape index (κ1) is 16.0. The molecule has 25 heavy (non-hydrogen) atoms. The average molecular weight is 360 g/mol. The Morgan fingerprint density at radius 3 is 2.72 bits per heavy atom. The van der Waals surface area contributed by atoms with E-state index >= 15 is 0 Å². The van der Waals surface area contributed by atoms with Gasteiger partial charge in [0.15, 0.2) is 10.8 Å². The lowest BCUT2D eigenvalue weighted by atomic mass is 10.2. The molecule has 0 saturated carbocycles. The van der Waals surface area contributed by atoms with Crippen molar-refractivity contribution in [3.05, 3.63) is 56.5 Å². The number of rotatable bonds is 3. The fourth-order valence-corrected chi connectivity index (χ4v) is 4.24. The van der Waals surface area contributed by atoms with Crippen LogP contribution in [-0.4, -0.2) is 27.2 Å². The number of fused-ring (bicyclic) bond motifs is 1. The maximum absolute atomic E-state index is 13.5. The minimum atomic E-state index is -0.444. The van der Waals surface area contributed by atoms with Gasteiger partial charge >= 0.3 is 5.69 Å². The molecule has 0 spiro atoms. The van der Waals surface area contributed by atoms with Crippen molar-refractivity contribution in [1.29, 1.82) is 0 Å². The summed E-state index contributed by atoms with van der Waals surface area (Å²) in [4.78, 5) is 31.8. The zero-order valence-corrected chi connectivity index (χ0v) is 14.6. The van der Waals surface area contributed by atoms with Crippen LogP contribution in [0.2, 0.25) is 0 Å². The fourth-order valence-electron chi connectivity index (χ4n) is 3.14. The van der Waals surface area contributed by atoms with E-state index < -0.39 is 5.69 Å². The molecule has 1 aromatic carbocycles. The van der Waals surface area contributed by atoms with E-state index in [9.17, 15) is 14.0 Å². The third-order valence-electron chi connectivity index (χ3n) is 4.48. The van der Waals surface area contributed by atoms with Crippen LogP contribution in [0.1, 0.15) is 18.4 Å². The topological polar surface area (TPSA) is 60.1 Å². The summed E-state index contributed by atoms with van der Waals surface area (Å²) in [6.45, 7) is 1.99. The van der Waals surface area contributed by atoms with Crippen LogP contribution in [0.25, 0.3) is 10.3 Å². The molecule has 1 fully saturated rings. The van der Waals surface area contributed by atoms with E-state index in [2.05, 4.69) is 9.88 Å². The number of nitrogens with zero attached hydrogens (tertiary/aromatic N) is 4. The minimum absolute atomic E-state index is 0.171. The van der Waals surface area contributed by atoms with Crippen molar-refractivity contribution < 1.29 is 4.39 Å². The highest BCUT2D eigenvalue weighted by molar-refractivity contribution is 7.22. The van der Waals surface area contributed by atoms with Crippen LogP contribution < -0.4 is 16.1 Å². The van der Waals surface area contributed by atoms with Crippen molar-refractivity contribution in [3.8, 4) is 0 Å². The van der Waals surface area contributed by atoms with E-state index in [1.165, 1.54) is 35.1 Å². The Morgan fingerprint density at radius 1 is 1.24 bits per heavy atom. The van der Waals surface area contributed by atoms with Crippen molar-refractivity contribution in [3.63, 3.8) is 0 Å². The van der Waals surface area contributed by atoms with Crippen molar-refractivity contribution in [2.24, 2.45) is 7.05 Å². The zero-order valence-electron chi connectivity index (χ0n) is 13.7. The maximum atomic E-state index is 13.5. The second-order valence-corrected chi connectivity index (χ2v) is 7.18. The molecular formula is C17H17FN4O2S. The monoisotopic (exact) mass is 360 g/mol. The van der Waals surface area contributed by atoms with Crippen LogP contribution in [-0.2, 0) is 13.6 Å². The van der Waals surface area contributed by atoms with Gasteiger partial charge in [-0.2, -0.15) is 0 Å². The molecule has 3 heterocycles. The zero-order chi connectivity index (χ0) is 17.6. The number of aromatic nitrogens is 3. The van der Waals surface area contributed by atoms with Crippen LogP contribution in [0.4, 0.5) is 9.52 Å². The van der Waals surface area contributed by atoms with E-state index in [1.807, 2.05) is 0 Å². The highest BCUT2D eigenvalue weighted by atomic mass is 32.1. The summed E-state index contributed by atoms with van der Waals surface area (Å²) in [5, 5.41) is 0.767. The first-order valence-electron chi connectivity index (χ1n) is 8.14. The lowest BCUT2D eigenvalue weighted by Crippen LogP contribution is -2.38. The van der Waals surface area contributed by atoms with Gasteiger partial charge in [0.2, 0.25) is 0 Å². The van der Waals surface area contributed by atoms with Crippen molar-refractivity contribution >= 4 is 26.8 Å². The van der Waals surface area contributed by atoms with Gasteiger partial charge in [0.05, 0.1) is 6.54 Å². The lowest BCUT2D eigenvalue weighted by Gasteiger charge is -2.12. The second kappa shape index (κ2) is 6.11. The number of hydrogen-bond acceptors (Lipinski definition) is 5. The van der Waals surface area contributed by atoms with E-state index in [4.69, 9.17) is 0 Å². The molecule has 0 aliphatic carbocycles. The molecule has 1 aliphatic rings. The van der Waals surface area contributed by atoms with E-state index in [1.54, 1.807) is 12.1 Å². The molecule has 0 radical (unpaired) electrons. The Balaban J connectivity index is 1.89. The maximum Gasteiger partial charge on any atom is 0.332 e. The summed E-state index contributed by atoms with van der Waals surface area (Å²) in [5.74, 6) is -0.359. The quantitative estimate of drug-likeness (QED) is 0.716. The average Bonchev–Trinajstić information content (AvgIpc) is 3.26. The van der Waals surface area contributed by atoms with Gasteiger partial charge in [-0.05, 0) is 30.5 Å². The van der Waals surface area contributed by atoms with Crippen molar-refractivity contribution in [2.75, 3.05) is 18.0 Å². The smallest absolute Gasteiger partial charge is 0.332 e. The molecule has 2 aromatic heterocycles. The van der Waals surface area contributed by atoms with E-state index in [-0.39, 0.29) is 17.9 Å². The predicted molar refractivity (Wildman–Crippen MR) is 96.1 cm³/mol. The summed E-state index contributed by atoms with van der Waals surface area (Å²) in [5.41, 5.74) is 0.250. The first-order chi connectivity index (χ1) is 12.0. The summed E-state index contributed by atoms with van der Waals surface area (Å²) in [6.07, 6.45) is 2.20. The molecule has 3 aromatic rings. The third-order valence-corrected chi connectivity index (χ3v) is 5.57. The molecule has 1 saturated heterocycles. The van der Waals surface area contributed by atoms with E-state index in [0.29, 0.717) is 15.9 Å². The van der Waals surface area contributed by atoms with Gasteiger partial charge in [0, 0.05) is 20.1 Å². The third kappa shape index (κ3) is 2.76. The largest absolute Gasteiger partial charge is 0.348 e. The summed E-state index contributed by atoms with van der Waals surface area (Å²) < 4.78 is 16.5. The van der Waals surface area contributed by atoms with Gasteiger partial charge < -0.3 is 4.90 Å². The highest BCUT2D eigenvalue weighted by Crippen LogP contribution is 2.28. The summed E-state index contributed by atoms with van der Waals surface area (Å²) in [6, 6.07) is 6.10. The molecule has 6 nitrogen and oxygen atoms in total. The van der Waals surface area contributed by atoms with Gasteiger partial charge in [-0.25, -0.2) is 14.2 Å². The normalized spacial score (nSPS) is 14.6. The first-order valence-corrected chi connectivity index (χ1v) is 8.96. The van der Waals surface area contributed by atoms with Crippen LogP contribution in [0.15, 0.2) is 33.9 Å². The number of benzene rings is 1. The van der Waals surface area contributed by atoms with E-state index in [0.717, 1.165) is 35.6 Å². The second-order valence-electron chi connectivity index (χ2n) is 6.21. The minimum Gasteiger partial charge on any atom is -0.348 e. The summed E-state index contributed by atoms with van der Waals surface area (Å²) in [7, 11) is 1.46.